The molecule has 11 rings (SSSR count). The van der Waals surface area contributed by atoms with Gasteiger partial charge in [0.15, 0.2) is 11.2 Å². The van der Waals surface area contributed by atoms with Crippen LogP contribution in [0.5, 0.6) is 0 Å². The van der Waals surface area contributed by atoms with Gasteiger partial charge < -0.3 is 8.83 Å². The van der Waals surface area contributed by atoms with Crippen LogP contribution in [0.1, 0.15) is 74.9 Å². The summed E-state index contributed by atoms with van der Waals surface area (Å²) < 4.78 is 12.4. The van der Waals surface area contributed by atoms with Crippen LogP contribution >= 0.6 is 0 Å². The maximum Gasteiger partial charge on any atom is 0.227 e. The Hall–Kier alpha value is -5.74. The van der Waals surface area contributed by atoms with Gasteiger partial charge in [-0.1, -0.05) is 77.9 Å². The molecule has 0 amide bonds. The zero-order chi connectivity index (χ0) is 34.6. The monoisotopic (exact) mass is 660 g/mol. The summed E-state index contributed by atoms with van der Waals surface area (Å²) in [6.07, 6.45) is 0. The topological polar surface area (TPSA) is 52.1 Å². The number of fused-ring (bicyclic) bond motifs is 11. The van der Waals surface area contributed by atoms with E-state index in [-0.39, 0.29) is 16.2 Å². The predicted octanol–water partition coefficient (Wildman–Crippen LogP) is 12.2. The molecule has 0 unspecified atom stereocenters. The number of benzene rings is 6. The maximum absolute atomic E-state index is 6.19. The van der Waals surface area contributed by atoms with Gasteiger partial charge in [0.05, 0.1) is 0 Å². The second-order valence-electron chi connectivity index (χ2n) is 16.3. The molecule has 0 spiro atoms. The highest BCUT2D eigenvalue weighted by molar-refractivity contribution is 5.94. The molecule has 51 heavy (non-hydrogen) atoms. The Bertz CT molecular complexity index is 2580. The molecule has 4 nitrogen and oxygen atoms in total. The molecule has 246 valence electrons. The number of hydrogen-bond acceptors (Lipinski definition) is 4. The average molecular weight is 661 g/mol. The lowest BCUT2D eigenvalue weighted by Gasteiger charge is -2.25. The molecule has 0 saturated carbocycles. The molecule has 2 heterocycles. The Kier molecular flexibility index (Phi) is 5.31. The van der Waals surface area contributed by atoms with Gasteiger partial charge in [0.25, 0.3) is 0 Å². The van der Waals surface area contributed by atoms with Crippen molar-refractivity contribution in [3.63, 3.8) is 0 Å². The van der Waals surface area contributed by atoms with Crippen molar-refractivity contribution in [1.29, 1.82) is 0 Å². The van der Waals surface area contributed by atoms with Gasteiger partial charge in [0.2, 0.25) is 11.8 Å². The number of para-hydroxylation sites is 4. The van der Waals surface area contributed by atoms with Crippen molar-refractivity contribution < 1.29 is 8.83 Å². The van der Waals surface area contributed by atoms with Crippen molar-refractivity contribution in [3.05, 3.63) is 143 Å². The third kappa shape index (κ3) is 3.70. The van der Waals surface area contributed by atoms with Gasteiger partial charge in [-0.15, -0.1) is 0 Å². The minimum absolute atomic E-state index is 0.148. The first-order valence-electron chi connectivity index (χ1n) is 17.9. The number of oxazole rings is 2. The normalized spacial score (nSPS) is 16.5. The first kappa shape index (κ1) is 29.0. The highest BCUT2D eigenvalue weighted by Gasteiger charge is 2.44. The smallest absolute Gasteiger partial charge is 0.227 e. The molecule has 2 aromatic heterocycles. The van der Waals surface area contributed by atoms with E-state index in [2.05, 4.69) is 102 Å². The molecule has 0 atom stereocenters. The highest BCUT2D eigenvalue weighted by atomic mass is 16.4. The largest absolute Gasteiger partial charge is 0.436 e. The number of aromatic nitrogens is 2. The summed E-state index contributed by atoms with van der Waals surface area (Å²) in [5.74, 6) is 1.34. The van der Waals surface area contributed by atoms with Crippen molar-refractivity contribution >= 4 is 22.2 Å². The fourth-order valence-corrected chi connectivity index (χ4v) is 9.44. The van der Waals surface area contributed by atoms with E-state index in [1.807, 2.05) is 48.5 Å². The van der Waals surface area contributed by atoms with Gasteiger partial charge in [0, 0.05) is 27.4 Å². The van der Waals surface area contributed by atoms with E-state index in [1.54, 1.807) is 0 Å². The van der Waals surface area contributed by atoms with Crippen LogP contribution in [0.3, 0.4) is 0 Å². The average Bonchev–Trinajstić information content (AvgIpc) is 3.90. The summed E-state index contributed by atoms with van der Waals surface area (Å²) in [5.41, 5.74) is 21.1. The van der Waals surface area contributed by atoms with Crippen LogP contribution in [0.25, 0.3) is 78.5 Å². The van der Waals surface area contributed by atoms with Crippen molar-refractivity contribution in [2.45, 2.75) is 57.8 Å². The molecule has 3 aliphatic carbocycles. The van der Waals surface area contributed by atoms with Crippen LogP contribution in [0.15, 0.2) is 118 Å². The van der Waals surface area contributed by atoms with E-state index in [9.17, 15) is 0 Å². The van der Waals surface area contributed by atoms with Gasteiger partial charge in [-0.05, 0) is 140 Å². The van der Waals surface area contributed by atoms with Crippen LogP contribution in [-0.4, -0.2) is 9.97 Å². The van der Waals surface area contributed by atoms with Crippen LogP contribution in [-0.2, 0) is 16.2 Å². The molecule has 0 radical (unpaired) electrons. The summed E-state index contributed by atoms with van der Waals surface area (Å²) in [4.78, 5) is 9.62. The van der Waals surface area contributed by atoms with Crippen molar-refractivity contribution in [3.8, 4) is 56.3 Å². The van der Waals surface area contributed by atoms with Gasteiger partial charge in [-0.3, -0.25) is 0 Å². The van der Waals surface area contributed by atoms with Crippen molar-refractivity contribution in [2.24, 2.45) is 0 Å². The van der Waals surface area contributed by atoms with E-state index in [0.29, 0.717) is 11.8 Å². The molecule has 0 N–H and O–H groups in total. The summed E-state index contributed by atoms with van der Waals surface area (Å²) in [6, 6.07) is 39.4. The molecular weight excluding hydrogens is 625 g/mol. The van der Waals surface area contributed by atoms with Crippen LogP contribution in [0, 0.1) is 0 Å². The van der Waals surface area contributed by atoms with Crippen LogP contribution in [0.2, 0.25) is 0 Å². The molecule has 8 aromatic rings. The molecule has 0 fully saturated rings. The summed E-state index contributed by atoms with van der Waals surface area (Å²) in [7, 11) is 0. The lowest BCUT2D eigenvalue weighted by molar-refractivity contribution is 0.618. The second-order valence-corrected chi connectivity index (χ2v) is 16.3. The number of hydrogen-bond donors (Lipinski definition) is 0. The predicted molar refractivity (Wildman–Crippen MR) is 205 cm³/mol. The molecule has 4 heteroatoms. The first-order valence-corrected chi connectivity index (χ1v) is 17.9. The van der Waals surface area contributed by atoms with Gasteiger partial charge in [-0.2, -0.15) is 0 Å². The Morgan fingerprint density at radius 3 is 1.08 bits per heavy atom. The summed E-state index contributed by atoms with van der Waals surface area (Å²) >= 11 is 0. The fraction of sp³-hybridized carbons (Fsp3) is 0.191. The van der Waals surface area contributed by atoms with Gasteiger partial charge in [0.1, 0.15) is 11.0 Å². The zero-order valence-electron chi connectivity index (χ0n) is 29.6. The lowest BCUT2D eigenvalue weighted by Crippen LogP contribution is -2.17. The first-order chi connectivity index (χ1) is 24.5. The zero-order valence-corrected chi connectivity index (χ0v) is 29.6. The lowest BCUT2D eigenvalue weighted by atomic mass is 9.78. The Balaban J connectivity index is 1.02. The number of nitrogens with zero attached hydrogens (tertiary/aromatic N) is 2. The molecule has 3 aliphatic rings. The van der Waals surface area contributed by atoms with E-state index in [4.69, 9.17) is 18.8 Å². The number of rotatable bonds is 2. The molecule has 0 aliphatic heterocycles. The SMILES string of the molecule is CC1(C)c2cc(-c3nc4ccccc4o3)ccc2-c2cc3c(cc21)-c1cc2c(cc1C3(C)C)-c1ccc(-c3nc4ccccc4o3)cc1C2(C)C. The maximum atomic E-state index is 6.19. The molecular formula is C47H36N2O2. The Morgan fingerprint density at radius 2 is 0.706 bits per heavy atom. The third-order valence-corrected chi connectivity index (χ3v) is 12.3. The van der Waals surface area contributed by atoms with Gasteiger partial charge >= 0.3 is 0 Å². The molecule has 0 bridgehead atoms. The minimum Gasteiger partial charge on any atom is -0.436 e. The molecule has 0 saturated heterocycles. The van der Waals surface area contributed by atoms with Crippen LogP contribution < -0.4 is 0 Å². The fourth-order valence-electron chi connectivity index (χ4n) is 9.44. The summed E-state index contributed by atoms with van der Waals surface area (Å²) in [6.45, 7) is 14.2. The summed E-state index contributed by atoms with van der Waals surface area (Å²) in [5, 5.41) is 0. The van der Waals surface area contributed by atoms with Crippen LogP contribution in [0.4, 0.5) is 0 Å². The third-order valence-electron chi connectivity index (χ3n) is 12.3. The van der Waals surface area contributed by atoms with E-state index < -0.39 is 0 Å². The molecule has 6 aromatic carbocycles. The van der Waals surface area contributed by atoms with E-state index >= 15 is 0 Å². The Morgan fingerprint density at radius 1 is 0.373 bits per heavy atom. The van der Waals surface area contributed by atoms with Gasteiger partial charge in [-0.25, -0.2) is 9.97 Å². The van der Waals surface area contributed by atoms with Crippen molar-refractivity contribution in [2.75, 3.05) is 0 Å². The Labute approximate surface area is 296 Å². The quantitative estimate of drug-likeness (QED) is 0.185. The van der Waals surface area contributed by atoms with E-state index in [1.165, 1.54) is 66.8 Å². The second kappa shape index (κ2) is 9.32. The standard InChI is InChI=1S/C47H36N2O2/c1-45(2)33-19-25(43-48-39-11-7-9-13-41(39)50-43)15-17-27(33)29-21-37-31(23-35(29)45)32-24-36-30(22-38(32)47(37,5)6)28-18-16-26(20-34(28)46(36,3)4)44-49-40-12-8-10-14-42(40)51-44/h7-24H,1-6H3. The van der Waals surface area contributed by atoms with E-state index in [0.717, 1.165) is 33.3 Å². The van der Waals surface area contributed by atoms with Crippen molar-refractivity contribution in [1.82, 2.24) is 9.97 Å². The highest BCUT2D eigenvalue weighted by Crippen LogP contribution is 2.59. The minimum atomic E-state index is -0.179.